The van der Waals surface area contributed by atoms with Gasteiger partial charge in [-0.15, -0.1) is 0 Å². The molecule has 0 aliphatic heterocycles. The van der Waals surface area contributed by atoms with E-state index < -0.39 is 11.9 Å². The van der Waals surface area contributed by atoms with E-state index in [1.165, 1.54) is 0 Å². The Morgan fingerprint density at radius 1 is 1.14 bits per heavy atom. The maximum Gasteiger partial charge on any atom is 0.433 e. The molecular formula is C13H14F3N5. The van der Waals surface area contributed by atoms with E-state index in [2.05, 4.69) is 15.3 Å². The van der Waals surface area contributed by atoms with E-state index in [0.29, 0.717) is 6.54 Å². The molecule has 0 saturated heterocycles. The fourth-order valence-corrected chi connectivity index (χ4v) is 1.65. The molecule has 2 rings (SSSR count). The van der Waals surface area contributed by atoms with Gasteiger partial charge in [0, 0.05) is 12.6 Å². The Hall–Kier alpha value is -2.35. The molecule has 0 spiro atoms. The van der Waals surface area contributed by atoms with Crippen molar-refractivity contribution in [1.82, 2.24) is 9.97 Å². The molecule has 0 bridgehead atoms. The minimum atomic E-state index is -4.56. The molecule has 5 nitrogen and oxygen atoms in total. The van der Waals surface area contributed by atoms with E-state index in [9.17, 15) is 13.2 Å². The topological polar surface area (TPSA) is 75.9 Å². The Kier molecular flexibility index (Phi) is 4.27. The van der Waals surface area contributed by atoms with Crippen LogP contribution in [0.1, 0.15) is 16.8 Å². The minimum Gasteiger partial charge on any atom is -0.366 e. The van der Waals surface area contributed by atoms with E-state index in [4.69, 9.17) is 5.84 Å². The molecule has 8 heteroatoms. The van der Waals surface area contributed by atoms with Crippen molar-refractivity contribution in [2.24, 2.45) is 5.84 Å². The third kappa shape index (κ3) is 4.06. The summed E-state index contributed by atoms with van der Waals surface area (Å²) in [5, 5.41) is 2.82. The number of halogens is 3. The second-order valence-electron chi connectivity index (χ2n) is 4.44. The van der Waals surface area contributed by atoms with Crippen LogP contribution >= 0.6 is 0 Å². The van der Waals surface area contributed by atoms with Crippen molar-refractivity contribution in [1.29, 1.82) is 0 Å². The van der Waals surface area contributed by atoms with Gasteiger partial charge in [-0.2, -0.15) is 18.2 Å². The van der Waals surface area contributed by atoms with Crippen LogP contribution in [0.2, 0.25) is 0 Å². The lowest BCUT2D eigenvalue weighted by atomic mass is 10.1. The first kappa shape index (κ1) is 15.0. The van der Waals surface area contributed by atoms with Gasteiger partial charge in [-0.25, -0.2) is 10.8 Å². The number of hydrazine groups is 1. The van der Waals surface area contributed by atoms with Crippen LogP contribution in [0.25, 0.3) is 0 Å². The Morgan fingerprint density at radius 3 is 2.38 bits per heavy atom. The number of nitrogens with zero attached hydrogens (tertiary/aromatic N) is 2. The monoisotopic (exact) mass is 297 g/mol. The number of hydrogen-bond acceptors (Lipinski definition) is 5. The number of rotatable bonds is 4. The highest BCUT2D eigenvalue weighted by Crippen LogP contribution is 2.29. The lowest BCUT2D eigenvalue weighted by Gasteiger charge is -2.11. The van der Waals surface area contributed by atoms with E-state index in [-0.39, 0.29) is 11.8 Å². The number of benzene rings is 1. The molecule has 1 aromatic carbocycles. The van der Waals surface area contributed by atoms with Crippen LogP contribution in [0.5, 0.6) is 0 Å². The summed E-state index contributed by atoms with van der Waals surface area (Å²) in [6.07, 6.45) is -4.56. The fraction of sp³-hybridized carbons (Fsp3) is 0.231. The molecule has 4 N–H and O–H groups in total. The van der Waals surface area contributed by atoms with Crippen LogP contribution in [0.3, 0.4) is 0 Å². The van der Waals surface area contributed by atoms with Crippen LogP contribution in [-0.2, 0) is 12.7 Å². The number of hydrogen-bond donors (Lipinski definition) is 3. The summed E-state index contributed by atoms with van der Waals surface area (Å²) in [7, 11) is 0. The van der Waals surface area contributed by atoms with Gasteiger partial charge in [0.25, 0.3) is 0 Å². The number of aromatic nitrogens is 2. The lowest BCUT2D eigenvalue weighted by molar-refractivity contribution is -0.141. The van der Waals surface area contributed by atoms with E-state index in [1.54, 1.807) is 0 Å². The highest BCUT2D eigenvalue weighted by atomic mass is 19.4. The van der Waals surface area contributed by atoms with E-state index in [1.807, 2.05) is 36.6 Å². The van der Waals surface area contributed by atoms with Gasteiger partial charge in [-0.3, -0.25) is 5.43 Å². The molecule has 112 valence electrons. The standard InChI is InChI=1S/C13H14F3N5/c1-8-2-4-9(5-3-8)7-18-11-6-10(13(14,15)16)19-12(20-11)21-17/h2-6H,7,17H2,1H3,(H2,18,19,20,21). The predicted octanol–water partition coefficient (Wildman–Crippen LogP) is 2.70. The molecule has 0 amide bonds. The molecule has 0 aliphatic rings. The zero-order valence-corrected chi connectivity index (χ0v) is 11.2. The van der Waals surface area contributed by atoms with Gasteiger partial charge in [-0.1, -0.05) is 29.8 Å². The van der Waals surface area contributed by atoms with Gasteiger partial charge in [-0.05, 0) is 12.5 Å². The van der Waals surface area contributed by atoms with Crippen molar-refractivity contribution < 1.29 is 13.2 Å². The first-order valence-electron chi connectivity index (χ1n) is 6.11. The Balaban J connectivity index is 2.17. The molecule has 0 radical (unpaired) electrons. The summed E-state index contributed by atoms with van der Waals surface area (Å²) in [5.41, 5.74) is 3.00. The molecule has 0 atom stereocenters. The molecule has 0 aliphatic carbocycles. The number of anilines is 2. The van der Waals surface area contributed by atoms with Crippen LogP contribution in [0, 0.1) is 6.92 Å². The minimum absolute atomic E-state index is 0.0471. The normalized spacial score (nSPS) is 11.3. The van der Waals surface area contributed by atoms with Crippen molar-refractivity contribution in [2.45, 2.75) is 19.6 Å². The van der Waals surface area contributed by atoms with Crippen molar-refractivity contribution in [3.05, 3.63) is 47.2 Å². The first-order valence-corrected chi connectivity index (χ1v) is 6.11. The first-order chi connectivity index (χ1) is 9.88. The van der Waals surface area contributed by atoms with Gasteiger partial charge >= 0.3 is 6.18 Å². The Labute approximate surface area is 119 Å². The Morgan fingerprint density at radius 2 is 1.81 bits per heavy atom. The molecule has 1 heterocycles. The zero-order valence-electron chi connectivity index (χ0n) is 11.2. The van der Waals surface area contributed by atoms with Gasteiger partial charge in [0.05, 0.1) is 0 Å². The van der Waals surface area contributed by atoms with Crippen LogP contribution in [0.4, 0.5) is 24.9 Å². The molecule has 21 heavy (non-hydrogen) atoms. The average molecular weight is 297 g/mol. The summed E-state index contributed by atoms with van der Waals surface area (Å²) >= 11 is 0. The Bertz CT molecular complexity index is 610. The quantitative estimate of drug-likeness (QED) is 0.597. The van der Waals surface area contributed by atoms with E-state index in [0.717, 1.165) is 17.2 Å². The molecular weight excluding hydrogens is 283 g/mol. The highest BCUT2D eigenvalue weighted by molar-refractivity contribution is 5.43. The maximum absolute atomic E-state index is 12.7. The summed E-state index contributed by atoms with van der Waals surface area (Å²) in [6, 6.07) is 8.46. The van der Waals surface area contributed by atoms with E-state index >= 15 is 0 Å². The second-order valence-corrected chi connectivity index (χ2v) is 4.44. The second kappa shape index (κ2) is 5.96. The average Bonchev–Trinajstić information content (AvgIpc) is 2.45. The van der Waals surface area contributed by atoms with Crippen LogP contribution in [0.15, 0.2) is 30.3 Å². The number of alkyl halides is 3. The number of aryl methyl sites for hydroxylation is 1. The summed E-state index contributed by atoms with van der Waals surface area (Å²) in [5.74, 6) is 4.84. The third-order valence-corrected chi connectivity index (χ3v) is 2.74. The van der Waals surface area contributed by atoms with Gasteiger partial charge in [0.15, 0.2) is 5.69 Å². The van der Waals surface area contributed by atoms with Crippen molar-refractivity contribution in [2.75, 3.05) is 10.7 Å². The zero-order chi connectivity index (χ0) is 15.5. The molecule has 0 saturated carbocycles. The number of nitrogens with one attached hydrogen (secondary N) is 2. The number of nitrogen functional groups attached to an aromatic ring is 1. The van der Waals surface area contributed by atoms with Crippen molar-refractivity contribution >= 4 is 11.8 Å². The van der Waals surface area contributed by atoms with Gasteiger partial charge in [0.2, 0.25) is 5.95 Å². The third-order valence-electron chi connectivity index (χ3n) is 2.74. The SMILES string of the molecule is Cc1ccc(CNc2cc(C(F)(F)F)nc(NN)n2)cc1. The lowest BCUT2D eigenvalue weighted by Crippen LogP contribution is -2.16. The van der Waals surface area contributed by atoms with Gasteiger partial charge < -0.3 is 5.32 Å². The highest BCUT2D eigenvalue weighted by Gasteiger charge is 2.33. The molecule has 1 aromatic heterocycles. The summed E-state index contributed by atoms with van der Waals surface area (Å²) in [4.78, 5) is 7.12. The maximum atomic E-state index is 12.7. The molecule has 0 unspecified atom stereocenters. The van der Waals surface area contributed by atoms with Crippen molar-refractivity contribution in [3.63, 3.8) is 0 Å². The van der Waals surface area contributed by atoms with Crippen molar-refractivity contribution in [3.8, 4) is 0 Å². The van der Waals surface area contributed by atoms with Crippen LogP contribution < -0.4 is 16.6 Å². The van der Waals surface area contributed by atoms with Crippen LogP contribution in [-0.4, -0.2) is 9.97 Å². The molecule has 2 aromatic rings. The summed E-state index contributed by atoms with van der Waals surface area (Å²) < 4.78 is 38.1. The smallest absolute Gasteiger partial charge is 0.366 e. The fourth-order valence-electron chi connectivity index (χ4n) is 1.65. The largest absolute Gasteiger partial charge is 0.433 e. The van der Waals surface area contributed by atoms with Gasteiger partial charge in [0.1, 0.15) is 5.82 Å². The summed E-state index contributed by atoms with van der Waals surface area (Å²) in [6.45, 7) is 2.30. The molecule has 0 fully saturated rings. The predicted molar refractivity (Wildman–Crippen MR) is 73.3 cm³/mol. The number of nitrogens with two attached hydrogens (primary N) is 1.